The van der Waals surface area contributed by atoms with Gasteiger partial charge in [-0.25, -0.2) is 18.8 Å². The number of likely N-dealkylation sites (tertiary alicyclic amines) is 1. The highest BCUT2D eigenvalue weighted by Gasteiger charge is 2.40. The van der Waals surface area contributed by atoms with Gasteiger partial charge in [0.1, 0.15) is 17.5 Å². The van der Waals surface area contributed by atoms with Gasteiger partial charge in [0.15, 0.2) is 0 Å². The first-order valence-corrected chi connectivity index (χ1v) is 13.0. The van der Waals surface area contributed by atoms with Crippen molar-refractivity contribution < 1.29 is 41.4 Å². The van der Waals surface area contributed by atoms with E-state index >= 15 is 0 Å². The number of carbonyl (C=O) groups excluding carboxylic acids is 3. The van der Waals surface area contributed by atoms with Crippen LogP contribution in [0.4, 0.5) is 32.8 Å². The van der Waals surface area contributed by atoms with Crippen LogP contribution >= 0.6 is 0 Å². The van der Waals surface area contributed by atoms with E-state index < -0.39 is 53.4 Å². The highest BCUT2D eigenvalue weighted by molar-refractivity contribution is 5.92. The summed E-state index contributed by atoms with van der Waals surface area (Å²) in [5.41, 5.74) is -1.05. The molecule has 2 N–H and O–H groups in total. The van der Waals surface area contributed by atoms with Crippen molar-refractivity contribution in [3.05, 3.63) is 89.7 Å². The number of amides is 3. The smallest absolute Gasteiger partial charge is 0.416 e. The van der Waals surface area contributed by atoms with Crippen LogP contribution in [-0.2, 0) is 15.7 Å². The first kappa shape index (κ1) is 30.4. The molecule has 3 amide bonds. The van der Waals surface area contributed by atoms with Crippen LogP contribution < -0.4 is 10.6 Å². The Morgan fingerprint density at radius 3 is 2.21 bits per heavy atom. The van der Waals surface area contributed by atoms with Crippen molar-refractivity contribution in [2.75, 3.05) is 18.4 Å². The molecular formula is C30H29F4N3O5. The predicted molar refractivity (Wildman–Crippen MR) is 146 cm³/mol. The number of nitrogens with one attached hydrogen (secondary N) is 2. The molecule has 0 spiro atoms. The molecule has 1 aliphatic rings. The number of hydrogen-bond acceptors (Lipinski definition) is 5. The number of para-hydroxylation sites is 1. The van der Waals surface area contributed by atoms with Crippen LogP contribution in [-0.4, -0.2) is 53.8 Å². The van der Waals surface area contributed by atoms with E-state index in [-0.39, 0.29) is 29.9 Å². The van der Waals surface area contributed by atoms with Crippen molar-refractivity contribution in [2.24, 2.45) is 0 Å². The molecule has 0 radical (unpaired) electrons. The molecule has 0 aliphatic carbocycles. The maximum Gasteiger partial charge on any atom is 0.416 e. The van der Waals surface area contributed by atoms with Crippen LogP contribution in [0, 0.1) is 5.82 Å². The van der Waals surface area contributed by atoms with E-state index in [0.29, 0.717) is 5.56 Å². The number of nitrogens with zero attached hydrogens (tertiary/aromatic N) is 1. The molecule has 2 atom stereocenters. The van der Waals surface area contributed by atoms with Gasteiger partial charge in [-0.05, 0) is 68.3 Å². The summed E-state index contributed by atoms with van der Waals surface area (Å²) in [7, 11) is 0. The molecule has 1 aliphatic heterocycles. The molecule has 3 aromatic rings. The Kier molecular flexibility index (Phi) is 8.74. The van der Waals surface area contributed by atoms with Crippen LogP contribution in [0.1, 0.15) is 36.7 Å². The lowest BCUT2D eigenvalue weighted by Crippen LogP contribution is -2.46. The summed E-state index contributed by atoms with van der Waals surface area (Å²) in [6.07, 6.45) is -6.24. The second-order valence-electron chi connectivity index (χ2n) is 10.7. The number of hydrogen-bond donors (Lipinski definition) is 2. The molecule has 8 nitrogen and oxygen atoms in total. The molecular weight excluding hydrogens is 558 g/mol. The first-order chi connectivity index (χ1) is 19.7. The number of alkyl halides is 3. The molecule has 0 bridgehead atoms. The highest BCUT2D eigenvalue weighted by atomic mass is 19.4. The van der Waals surface area contributed by atoms with Crippen LogP contribution in [0.3, 0.4) is 0 Å². The summed E-state index contributed by atoms with van der Waals surface area (Å²) in [4.78, 5) is 39.9. The maximum atomic E-state index is 14.0. The van der Waals surface area contributed by atoms with Gasteiger partial charge in [0.25, 0.3) is 0 Å². The molecule has 1 saturated heterocycles. The molecule has 0 saturated carbocycles. The van der Waals surface area contributed by atoms with Crippen LogP contribution in [0.25, 0.3) is 11.1 Å². The van der Waals surface area contributed by atoms with Gasteiger partial charge in [-0.15, -0.1) is 0 Å². The Labute approximate surface area is 239 Å². The SMILES string of the molecule is CC(C)(C)OC(=O)N1C[C@H](NC(=O)Nc2ccccc2F)[C@@H](OC(=O)c2cccc(-c3cccc(C(F)(F)F)c3)c2)C1. The zero-order valence-corrected chi connectivity index (χ0v) is 23.0. The minimum Gasteiger partial charge on any atom is -0.455 e. The quantitative estimate of drug-likeness (QED) is 0.263. The Morgan fingerprint density at radius 2 is 1.55 bits per heavy atom. The maximum absolute atomic E-state index is 14.0. The van der Waals surface area contributed by atoms with E-state index in [2.05, 4.69) is 10.6 Å². The number of benzene rings is 3. The summed E-state index contributed by atoms with van der Waals surface area (Å²) < 4.78 is 64.7. The van der Waals surface area contributed by atoms with E-state index in [0.717, 1.165) is 12.1 Å². The topological polar surface area (TPSA) is 97.0 Å². The predicted octanol–water partition coefficient (Wildman–Crippen LogP) is 6.48. The van der Waals surface area contributed by atoms with E-state index in [1.54, 1.807) is 26.8 Å². The largest absolute Gasteiger partial charge is 0.455 e. The number of esters is 1. The fourth-order valence-electron chi connectivity index (χ4n) is 4.30. The van der Waals surface area contributed by atoms with Crippen LogP contribution in [0.5, 0.6) is 0 Å². The summed E-state index contributed by atoms with van der Waals surface area (Å²) >= 11 is 0. The van der Waals surface area contributed by atoms with Gasteiger partial charge >= 0.3 is 24.3 Å². The number of halogens is 4. The third-order valence-corrected chi connectivity index (χ3v) is 6.24. The first-order valence-electron chi connectivity index (χ1n) is 13.0. The summed E-state index contributed by atoms with van der Waals surface area (Å²) in [6, 6.07) is 14.5. The molecule has 12 heteroatoms. The van der Waals surface area contributed by atoms with E-state index in [9.17, 15) is 31.9 Å². The fourth-order valence-corrected chi connectivity index (χ4v) is 4.30. The van der Waals surface area contributed by atoms with Gasteiger partial charge in [0.2, 0.25) is 0 Å². The Bertz CT molecular complexity index is 1470. The third kappa shape index (κ3) is 7.77. The minimum absolute atomic E-state index is 0.0511. The number of urea groups is 1. The fraction of sp³-hybridized carbons (Fsp3) is 0.300. The van der Waals surface area contributed by atoms with Crippen molar-refractivity contribution in [2.45, 2.75) is 44.7 Å². The monoisotopic (exact) mass is 587 g/mol. The average molecular weight is 588 g/mol. The summed E-state index contributed by atoms with van der Waals surface area (Å²) in [6.45, 7) is 4.88. The van der Waals surface area contributed by atoms with Crippen molar-refractivity contribution in [3.63, 3.8) is 0 Å². The number of ether oxygens (including phenoxy) is 2. The molecule has 1 fully saturated rings. The average Bonchev–Trinajstić information content (AvgIpc) is 3.30. The molecule has 0 unspecified atom stereocenters. The van der Waals surface area contributed by atoms with E-state index in [4.69, 9.17) is 9.47 Å². The zero-order chi connectivity index (χ0) is 30.7. The van der Waals surface area contributed by atoms with Crippen LogP contribution in [0.2, 0.25) is 0 Å². The Balaban J connectivity index is 1.52. The number of anilines is 1. The third-order valence-electron chi connectivity index (χ3n) is 6.24. The van der Waals surface area contributed by atoms with Gasteiger partial charge in [-0.1, -0.05) is 36.4 Å². The van der Waals surface area contributed by atoms with E-state index in [1.807, 2.05) is 0 Å². The van der Waals surface area contributed by atoms with Crippen LogP contribution in [0.15, 0.2) is 72.8 Å². The van der Waals surface area contributed by atoms with Crippen molar-refractivity contribution >= 4 is 23.8 Å². The van der Waals surface area contributed by atoms with Gasteiger partial charge in [0, 0.05) is 6.54 Å². The molecule has 1 heterocycles. The van der Waals surface area contributed by atoms with Crippen molar-refractivity contribution in [1.29, 1.82) is 0 Å². The lowest BCUT2D eigenvalue weighted by Gasteiger charge is -2.24. The number of carbonyl (C=O) groups is 3. The van der Waals surface area contributed by atoms with Gasteiger partial charge in [-0.3, -0.25) is 0 Å². The van der Waals surface area contributed by atoms with Gasteiger partial charge in [0.05, 0.1) is 29.4 Å². The highest BCUT2D eigenvalue weighted by Crippen LogP contribution is 2.32. The summed E-state index contributed by atoms with van der Waals surface area (Å²) in [5, 5.41) is 5.00. The lowest BCUT2D eigenvalue weighted by atomic mass is 10.0. The molecule has 3 aromatic carbocycles. The lowest BCUT2D eigenvalue weighted by molar-refractivity contribution is -0.137. The van der Waals surface area contributed by atoms with Gasteiger partial charge in [-0.2, -0.15) is 13.2 Å². The van der Waals surface area contributed by atoms with Crippen molar-refractivity contribution in [3.8, 4) is 11.1 Å². The number of rotatable bonds is 5. The molecule has 42 heavy (non-hydrogen) atoms. The molecule has 222 valence electrons. The second kappa shape index (κ2) is 12.1. The Hall–Kier alpha value is -4.61. The minimum atomic E-state index is -4.53. The van der Waals surface area contributed by atoms with Gasteiger partial charge < -0.3 is 25.0 Å². The second-order valence-corrected chi connectivity index (χ2v) is 10.7. The molecule has 0 aromatic heterocycles. The van der Waals surface area contributed by atoms with E-state index in [1.165, 1.54) is 59.5 Å². The summed E-state index contributed by atoms with van der Waals surface area (Å²) in [5.74, 6) is -1.47. The zero-order valence-electron chi connectivity index (χ0n) is 23.0. The Morgan fingerprint density at radius 1 is 0.881 bits per heavy atom. The van der Waals surface area contributed by atoms with Crippen molar-refractivity contribution in [1.82, 2.24) is 10.2 Å². The normalized spacial score (nSPS) is 17.0. The standard InChI is InChI=1S/C30H29F4N3O5/c1-29(2,3)42-28(40)37-16-24(36-27(39)35-23-13-5-4-12-22(23)31)25(17-37)41-26(38)20-10-6-8-18(14-20)19-9-7-11-21(15-19)30(32,33)34/h4-15,24-25H,16-17H2,1-3H3,(H2,35,36,39)/t24-,25-/m0/s1. The molecule has 4 rings (SSSR count).